The van der Waals surface area contributed by atoms with Crippen LogP contribution in [0.25, 0.3) is 5.82 Å². The summed E-state index contributed by atoms with van der Waals surface area (Å²) in [6, 6.07) is 0. The van der Waals surface area contributed by atoms with Crippen molar-refractivity contribution in [2.45, 2.75) is 13.8 Å². The van der Waals surface area contributed by atoms with Crippen LogP contribution in [0.1, 0.15) is 21.7 Å². The quantitative estimate of drug-likeness (QED) is 0.649. The molecule has 0 aliphatic rings. The molecule has 1 N–H and O–H groups in total. The summed E-state index contributed by atoms with van der Waals surface area (Å²) in [4.78, 5) is 29.2. The van der Waals surface area contributed by atoms with Gasteiger partial charge in [0.05, 0.1) is 23.4 Å². The Kier molecular flexibility index (Phi) is 3.52. The van der Waals surface area contributed by atoms with E-state index in [0.717, 1.165) is 11.0 Å². The highest BCUT2D eigenvalue weighted by molar-refractivity contribution is 5.90. The van der Waals surface area contributed by atoms with Gasteiger partial charge in [-0.25, -0.2) is 14.5 Å². The normalized spacial score (nSPS) is 10.4. The van der Waals surface area contributed by atoms with Crippen LogP contribution in [0.4, 0.5) is 5.69 Å². The Balaban J connectivity index is 2.77. The lowest BCUT2D eigenvalue weighted by Gasteiger charge is -2.06. The summed E-state index contributed by atoms with van der Waals surface area (Å²) in [5, 5.41) is 24.3. The highest BCUT2D eigenvalue weighted by Crippen LogP contribution is 2.30. The molecule has 2 aromatic heterocycles. The van der Waals surface area contributed by atoms with Crippen LogP contribution >= 0.6 is 0 Å². The van der Waals surface area contributed by atoms with Crippen LogP contribution in [0.5, 0.6) is 5.88 Å². The van der Waals surface area contributed by atoms with Crippen molar-refractivity contribution in [2.75, 3.05) is 7.11 Å². The third-order valence-electron chi connectivity index (χ3n) is 2.85. The molecule has 2 rings (SSSR count). The van der Waals surface area contributed by atoms with Crippen LogP contribution in [0.3, 0.4) is 0 Å². The second kappa shape index (κ2) is 5.15. The first-order chi connectivity index (χ1) is 9.88. The fourth-order valence-electron chi connectivity index (χ4n) is 1.98. The number of carboxylic acids is 1. The molecule has 2 heterocycles. The molecule has 0 unspecified atom stereocenters. The zero-order valence-electron chi connectivity index (χ0n) is 11.4. The molecular weight excluding hydrogens is 282 g/mol. The van der Waals surface area contributed by atoms with E-state index in [9.17, 15) is 14.9 Å². The van der Waals surface area contributed by atoms with E-state index in [-0.39, 0.29) is 28.6 Å². The molecule has 10 heteroatoms. The minimum atomic E-state index is -1.17. The second-order valence-corrected chi connectivity index (χ2v) is 4.08. The maximum atomic E-state index is 11.2. The number of carbonyl (C=O) groups is 1. The Morgan fingerprint density at radius 3 is 2.57 bits per heavy atom. The van der Waals surface area contributed by atoms with E-state index in [1.165, 1.54) is 21.0 Å². The summed E-state index contributed by atoms with van der Waals surface area (Å²) in [5.41, 5.74) is -0.0554. The number of methoxy groups -OCH3 is 1. The molecule has 0 bridgehead atoms. The number of aromatic carboxylic acids is 1. The number of nitro groups is 1. The number of hydrogen-bond donors (Lipinski definition) is 1. The zero-order chi connectivity index (χ0) is 15.7. The molecule has 2 aromatic rings. The van der Waals surface area contributed by atoms with E-state index in [1.54, 1.807) is 0 Å². The van der Waals surface area contributed by atoms with Crippen molar-refractivity contribution in [3.05, 3.63) is 33.4 Å². The Morgan fingerprint density at radius 1 is 1.43 bits per heavy atom. The van der Waals surface area contributed by atoms with Crippen LogP contribution in [-0.4, -0.2) is 42.9 Å². The summed E-state index contributed by atoms with van der Waals surface area (Å²) < 4.78 is 5.94. The Morgan fingerprint density at radius 2 is 2.10 bits per heavy atom. The molecule has 21 heavy (non-hydrogen) atoms. The lowest BCUT2D eigenvalue weighted by Crippen LogP contribution is -2.09. The molecule has 0 aliphatic heterocycles. The van der Waals surface area contributed by atoms with E-state index >= 15 is 0 Å². The molecule has 0 atom stereocenters. The molecule has 0 saturated carbocycles. The van der Waals surface area contributed by atoms with Crippen molar-refractivity contribution in [3.8, 4) is 11.7 Å². The maximum absolute atomic E-state index is 11.2. The average Bonchev–Trinajstić information content (AvgIpc) is 2.72. The fraction of sp³-hybridized carbons (Fsp3) is 0.273. The third-order valence-corrected chi connectivity index (χ3v) is 2.85. The summed E-state index contributed by atoms with van der Waals surface area (Å²) in [6.07, 6.45) is 1.08. The number of ether oxygens (including phenoxy) is 1. The molecule has 0 radical (unpaired) electrons. The predicted molar refractivity (Wildman–Crippen MR) is 68.8 cm³/mol. The van der Waals surface area contributed by atoms with Gasteiger partial charge < -0.3 is 9.84 Å². The molecular formula is C11H11N5O5. The van der Waals surface area contributed by atoms with Gasteiger partial charge in [0.25, 0.3) is 5.88 Å². The first-order valence-electron chi connectivity index (χ1n) is 5.71. The summed E-state index contributed by atoms with van der Waals surface area (Å²) in [6.45, 7) is 2.99. The fourth-order valence-corrected chi connectivity index (χ4v) is 1.98. The first-order valence-corrected chi connectivity index (χ1v) is 5.71. The van der Waals surface area contributed by atoms with Crippen molar-refractivity contribution in [1.82, 2.24) is 19.7 Å². The molecule has 0 aromatic carbocycles. The SMILES string of the molecule is COc1ncnc(-n2nc(C)c(C(=O)O)c2C)c1[N+](=O)[O-]. The van der Waals surface area contributed by atoms with E-state index < -0.39 is 16.6 Å². The molecule has 0 amide bonds. The van der Waals surface area contributed by atoms with Crippen molar-refractivity contribution in [1.29, 1.82) is 0 Å². The second-order valence-electron chi connectivity index (χ2n) is 4.08. The summed E-state index contributed by atoms with van der Waals surface area (Å²) in [7, 11) is 1.24. The van der Waals surface area contributed by atoms with Crippen molar-refractivity contribution >= 4 is 11.7 Å². The monoisotopic (exact) mass is 293 g/mol. The average molecular weight is 293 g/mol. The topological polar surface area (TPSA) is 133 Å². The van der Waals surface area contributed by atoms with E-state index in [4.69, 9.17) is 9.84 Å². The standard InChI is InChI=1S/C11H11N5O5/c1-5-7(11(17)18)6(2)15(14-5)9-8(16(19)20)10(21-3)13-4-12-9/h4H,1-3H3,(H,17,18). The van der Waals surface area contributed by atoms with Crippen LogP contribution in [0, 0.1) is 24.0 Å². The minimum absolute atomic E-state index is 0.0260. The van der Waals surface area contributed by atoms with Gasteiger partial charge in [-0.2, -0.15) is 10.1 Å². The van der Waals surface area contributed by atoms with Gasteiger partial charge >= 0.3 is 11.7 Å². The van der Waals surface area contributed by atoms with E-state index in [2.05, 4.69) is 15.1 Å². The third kappa shape index (κ3) is 2.26. The van der Waals surface area contributed by atoms with Crippen LogP contribution in [-0.2, 0) is 0 Å². The van der Waals surface area contributed by atoms with Gasteiger partial charge in [0.15, 0.2) is 0 Å². The molecule has 110 valence electrons. The van der Waals surface area contributed by atoms with Gasteiger partial charge in [-0.3, -0.25) is 10.1 Å². The minimum Gasteiger partial charge on any atom is -0.478 e. The van der Waals surface area contributed by atoms with Gasteiger partial charge in [-0.15, -0.1) is 0 Å². The first kappa shape index (κ1) is 14.4. The van der Waals surface area contributed by atoms with Crippen molar-refractivity contribution < 1.29 is 19.6 Å². The molecule has 10 nitrogen and oxygen atoms in total. The van der Waals surface area contributed by atoms with Crippen molar-refractivity contribution in [2.24, 2.45) is 0 Å². The summed E-state index contributed by atoms with van der Waals surface area (Å²) >= 11 is 0. The number of hydrogen-bond acceptors (Lipinski definition) is 7. The van der Waals surface area contributed by atoms with Crippen LogP contribution in [0.15, 0.2) is 6.33 Å². The number of carboxylic acid groups (broad SMARTS) is 1. The Labute approximate surface area is 118 Å². The van der Waals surface area contributed by atoms with Gasteiger partial charge in [0.1, 0.15) is 11.9 Å². The number of rotatable bonds is 4. The molecule has 0 aliphatic carbocycles. The maximum Gasteiger partial charge on any atom is 0.375 e. The number of aromatic nitrogens is 4. The van der Waals surface area contributed by atoms with Crippen LogP contribution in [0.2, 0.25) is 0 Å². The lowest BCUT2D eigenvalue weighted by atomic mass is 10.2. The number of nitrogens with zero attached hydrogens (tertiary/aromatic N) is 5. The highest BCUT2D eigenvalue weighted by Gasteiger charge is 2.29. The molecule has 0 saturated heterocycles. The molecule has 0 fully saturated rings. The van der Waals surface area contributed by atoms with Gasteiger partial charge in [-0.05, 0) is 13.8 Å². The number of aryl methyl sites for hydroxylation is 1. The molecule has 0 spiro atoms. The van der Waals surface area contributed by atoms with Crippen LogP contribution < -0.4 is 4.74 Å². The Hall–Kier alpha value is -3.04. The summed E-state index contributed by atoms with van der Waals surface area (Å²) in [5.74, 6) is -1.55. The van der Waals surface area contributed by atoms with Gasteiger partial charge in [-0.1, -0.05) is 0 Å². The van der Waals surface area contributed by atoms with E-state index in [1.807, 2.05) is 0 Å². The van der Waals surface area contributed by atoms with Gasteiger partial charge in [0, 0.05) is 0 Å². The lowest BCUT2D eigenvalue weighted by molar-refractivity contribution is -0.386. The van der Waals surface area contributed by atoms with Gasteiger partial charge in [0.2, 0.25) is 5.82 Å². The largest absolute Gasteiger partial charge is 0.478 e. The predicted octanol–water partition coefficient (Wildman–Crippen LogP) is 0.894. The highest BCUT2D eigenvalue weighted by atomic mass is 16.6. The van der Waals surface area contributed by atoms with E-state index in [0.29, 0.717) is 0 Å². The zero-order valence-corrected chi connectivity index (χ0v) is 11.4. The Bertz CT molecular complexity index is 739. The van der Waals surface area contributed by atoms with Crippen molar-refractivity contribution in [3.63, 3.8) is 0 Å². The smallest absolute Gasteiger partial charge is 0.375 e.